The number of esters is 1. The standard InChI is InChI=1S/C42H69NO4/c1-27(2)29-14-19-42(22-23-43-26-28-10-11-28)21-20-40(8)30(36(29)42)12-13-32-39(7)17-16-33(38(5,6)31(39)15-18-41(32,40)9)47-35(46)25-37(3,4)24-34(44)45/h28-33,36,43H,1,10-26H2,2-9H3,(H,44,45)/t29-,30+,31-,32+,33-,36+,39-,40+,41+,42+/m0/s1. The van der Waals surface area contributed by atoms with Gasteiger partial charge in [-0.25, -0.2) is 0 Å². The van der Waals surface area contributed by atoms with Gasteiger partial charge in [-0.15, -0.1) is 0 Å². The zero-order valence-electron chi connectivity index (χ0n) is 31.4. The van der Waals surface area contributed by atoms with Crippen molar-refractivity contribution in [1.29, 1.82) is 0 Å². The third kappa shape index (κ3) is 5.97. The van der Waals surface area contributed by atoms with Gasteiger partial charge in [-0.3, -0.25) is 9.59 Å². The lowest BCUT2D eigenvalue weighted by Crippen LogP contribution is -2.66. The summed E-state index contributed by atoms with van der Waals surface area (Å²) in [6.45, 7) is 25.9. The summed E-state index contributed by atoms with van der Waals surface area (Å²) in [5, 5.41) is 13.2. The van der Waals surface area contributed by atoms with Crippen molar-refractivity contribution >= 4 is 11.9 Å². The highest BCUT2D eigenvalue weighted by atomic mass is 16.5. The number of rotatable bonds is 11. The number of carboxylic acid groups (broad SMARTS) is 1. The smallest absolute Gasteiger partial charge is 0.306 e. The summed E-state index contributed by atoms with van der Waals surface area (Å²) in [5.74, 6) is 3.30. The van der Waals surface area contributed by atoms with Gasteiger partial charge in [0, 0.05) is 5.41 Å². The van der Waals surface area contributed by atoms with E-state index in [1.165, 1.54) is 89.3 Å². The molecule has 0 aromatic heterocycles. The van der Waals surface area contributed by atoms with E-state index in [1.807, 2.05) is 13.8 Å². The van der Waals surface area contributed by atoms with Crippen molar-refractivity contribution in [2.75, 3.05) is 13.1 Å². The van der Waals surface area contributed by atoms with E-state index in [1.54, 1.807) is 0 Å². The van der Waals surface area contributed by atoms with E-state index < -0.39 is 11.4 Å². The monoisotopic (exact) mass is 652 g/mol. The molecule has 0 bridgehead atoms. The largest absolute Gasteiger partial charge is 0.481 e. The molecule has 5 heteroatoms. The fourth-order valence-corrected chi connectivity index (χ4v) is 13.9. The minimum atomic E-state index is -0.863. The molecule has 0 unspecified atom stereocenters. The Morgan fingerprint density at radius 1 is 0.851 bits per heavy atom. The molecular formula is C42H69NO4. The lowest BCUT2D eigenvalue weighted by atomic mass is 9.32. The maximum atomic E-state index is 13.2. The normalized spacial score (nSPS) is 44.0. The lowest BCUT2D eigenvalue weighted by Gasteiger charge is -2.73. The molecule has 47 heavy (non-hydrogen) atoms. The van der Waals surface area contributed by atoms with Gasteiger partial charge in [0.2, 0.25) is 0 Å². The molecule has 0 spiro atoms. The van der Waals surface area contributed by atoms with Crippen LogP contribution in [-0.4, -0.2) is 36.2 Å². The maximum Gasteiger partial charge on any atom is 0.306 e. The molecular weight excluding hydrogens is 582 g/mol. The highest BCUT2D eigenvalue weighted by molar-refractivity contribution is 5.73. The average Bonchev–Trinajstić information content (AvgIpc) is 3.70. The third-order valence-corrected chi connectivity index (χ3v) is 16.6. The molecule has 10 atom stereocenters. The Balaban J connectivity index is 1.21. The predicted molar refractivity (Wildman–Crippen MR) is 190 cm³/mol. The second-order valence-corrected chi connectivity index (χ2v) is 20.2. The van der Waals surface area contributed by atoms with Gasteiger partial charge in [0.15, 0.2) is 0 Å². The molecule has 0 aliphatic heterocycles. The van der Waals surface area contributed by atoms with Crippen molar-refractivity contribution in [2.45, 2.75) is 158 Å². The van der Waals surface area contributed by atoms with Crippen LogP contribution in [0.4, 0.5) is 0 Å². The Morgan fingerprint density at radius 3 is 2.23 bits per heavy atom. The molecule has 0 heterocycles. The van der Waals surface area contributed by atoms with Crippen molar-refractivity contribution in [3.05, 3.63) is 12.2 Å². The third-order valence-electron chi connectivity index (χ3n) is 16.6. The minimum Gasteiger partial charge on any atom is -0.481 e. The molecule has 6 saturated carbocycles. The number of carboxylic acids is 1. The number of carbonyl (C=O) groups is 2. The zero-order chi connectivity index (χ0) is 34.2. The van der Waals surface area contributed by atoms with Gasteiger partial charge in [0.05, 0.1) is 12.8 Å². The molecule has 6 fully saturated rings. The number of hydrogen-bond donors (Lipinski definition) is 2. The van der Waals surface area contributed by atoms with Crippen LogP contribution < -0.4 is 5.32 Å². The number of fused-ring (bicyclic) bond motifs is 7. The number of carbonyl (C=O) groups excluding carboxylic acids is 1. The highest BCUT2D eigenvalue weighted by Gasteiger charge is 2.71. The van der Waals surface area contributed by atoms with Crippen molar-refractivity contribution in [2.24, 2.45) is 68.0 Å². The van der Waals surface area contributed by atoms with Crippen molar-refractivity contribution in [3.63, 3.8) is 0 Å². The van der Waals surface area contributed by atoms with Gasteiger partial charge in [-0.05, 0) is 166 Å². The van der Waals surface area contributed by atoms with Crippen LogP contribution in [0.5, 0.6) is 0 Å². The van der Waals surface area contributed by atoms with E-state index in [2.05, 4.69) is 53.4 Å². The minimum absolute atomic E-state index is 0.0245. The molecule has 0 aromatic carbocycles. The van der Waals surface area contributed by atoms with E-state index in [4.69, 9.17) is 4.74 Å². The second-order valence-electron chi connectivity index (χ2n) is 20.2. The fourth-order valence-electron chi connectivity index (χ4n) is 13.9. The number of hydrogen-bond acceptors (Lipinski definition) is 4. The van der Waals surface area contributed by atoms with Crippen LogP contribution in [0.3, 0.4) is 0 Å². The van der Waals surface area contributed by atoms with Gasteiger partial charge in [-0.1, -0.05) is 60.6 Å². The molecule has 6 aliphatic carbocycles. The number of ether oxygens (including phenoxy) is 1. The molecule has 6 rings (SSSR count). The molecule has 266 valence electrons. The van der Waals surface area contributed by atoms with Crippen LogP contribution in [0.2, 0.25) is 0 Å². The van der Waals surface area contributed by atoms with Gasteiger partial charge in [0.1, 0.15) is 6.10 Å². The predicted octanol–water partition coefficient (Wildman–Crippen LogP) is 9.84. The molecule has 0 aromatic rings. The van der Waals surface area contributed by atoms with Crippen LogP contribution in [0.1, 0.15) is 152 Å². The van der Waals surface area contributed by atoms with Gasteiger partial charge >= 0.3 is 11.9 Å². The Morgan fingerprint density at radius 2 is 1.57 bits per heavy atom. The van der Waals surface area contributed by atoms with Crippen LogP contribution >= 0.6 is 0 Å². The van der Waals surface area contributed by atoms with Gasteiger partial charge in [-0.2, -0.15) is 0 Å². The first-order chi connectivity index (χ1) is 21.9. The van der Waals surface area contributed by atoms with Crippen molar-refractivity contribution in [1.82, 2.24) is 5.32 Å². The van der Waals surface area contributed by atoms with Gasteiger partial charge < -0.3 is 15.2 Å². The summed E-state index contributed by atoms with van der Waals surface area (Å²) in [6, 6.07) is 0. The Bertz CT molecular complexity index is 1230. The van der Waals surface area contributed by atoms with Crippen LogP contribution in [-0.2, 0) is 14.3 Å². The van der Waals surface area contributed by atoms with Crippen molar-refractivity contribution in [3.8, 4) is 0 Å². The summed E-state index contributed by atoms with van der Waals surface area (Å²) in [7, 11) is 0. The average molecular weight is 652 g/mol. The summed E-state index contributed by atoms with van der Waals surface area (Å²) < 4.78 is 6.29. The Hall–Kier alpha value is -1.36. The SMILES string of the molecule is C=C(C)[C@@H]1CC[C@]2(CCNCC3CC3)CC[C@]3(C)[C@H](CC[C@@H]4[C@@]5(C)CC[C@H](OC(=O)CC(C)(C)CC(=O)O)C(C)(C)[C@@H]5CC[C@]43C)[C@@H]12. The Kier molecular flexibility index (Phi) is 9.17. The van der Waals surface area contributed by atoms with E-state index in [0.29, 0.717) is 34.0 Å². The first-order valence-electron chi connectivity index (χ1n) is 19.7. The first kappa shape index (κ1) is 35.5. The molecule has 0 saturated heterocycles. The van der Waals surface area contributed by atoms with Crippen LogP contribution in [0.25, 0.3) is 0 Å². The molecule has 2 N–H and O–H groups in total. The maximum absolute atomic E-state index is 13.2. The van der Waals surface area contributed by atoms with E-state index in [0.717, 1.165) is 30.6 Å². The number of nitrogens with one attached hydrogen (secondary N) is 1. The lowest BCUT2D eigenvalue weighted by molar-refractivity contribution is -0.250. The van der Waals surface area contributed by atoms with E-state index >= 15 is 0 Å². The Labute approximate surface area is 287 Å². The molecule has 5 nitrogen and oxygen atoms in total. The summed E-state index contributed by atoms with van der Waals surface area (Å²) in [4.78, 5) is 24.6. The van der Waals surface area contributed by atoms with Gasteiger partial charge in [0.25, 0.3) is 0 Å². The van der Waals surface area contributed by atoms with E-state index in [-0.39, 0.29) is 35.7 Å². The van der Waals surface area contributed by atoms with Crippen LogP contribution in [0.15, 0.2) is 12.2 Å². The quantitative estimate of drug-likeness (QED) is 0.132. The first-order valence-corrected chi connectivity index (χ1v) is 19.7. The van der Waals surface area contributed by atoms with E-state index in [9.17, 15) is 14.7 Å². The second kappa shape index (κ2) is 12.2. The molecule has 0 amide bonds. The van der Waals surface area contributed by atoms with Crippen LogP contribution in [0, 0.1) is 68.0 Å². The zero-order valence-corrected chi connectivity index (χ0v) is 31.4. The summed E-state index contributed by atoms with van der Waals surface area (Å²) >= 11 is 0. The van der Waals surface area contributed by atoms with Crippen molar-refractivity contribution < 1.29 is 19.4 Å². The topological polar surface area (TPSA) is 75.6 Å². The summed E-state index contributed by atoms with van der Waals surface area (Å²) in [6.07, 6.45) is 17.0. The highest BCUT2D eigenvalue weighted by Crippen LogP contribution is 2.78. The molecule has 0 radical (unpaired) electrons. The summed E-state index contributed by atoms with van der Waals surface area (Å²) in [5.41, 5.74) is 2.12. The number of allylic oxidation sites excluding steroid dienone is 1. The molecule has 6 aliphatic rings. The number of aliphatic carboxylic acids is 1. The fraction of sp³-hybridized carbons (Fsp3) is 0.905.